The van der Waals surface area contributed by atoms with E-state index in [-0.39, 0.29) is 11.6 Å². The topological polar surface area (TPSA) is 84.7 Å². The molecule has 3 aromatic rings. The Kier molecular flexibility index (Phi) is 5.03. The molecule has 7 heteroatoms. The molecular formula is C18H20N6O. The van der Waals surface area contributed by atoms with Crippen LogP contribution in [-0.4, -0.2) is 25.9 Å². The van der Waals surface area contributed by atoms with E-state index in [4.69, 9.17) is 0 Å². The van der Waals surface area contributed by atoms with E-state index in [1.807, 2.05) is 43.6 Å². The lowest BCUT2D eigenvalue weighted by Crippen LogP contribution is -2.14. The van der Waals surface area contributed by atoms with Crippen LogP contribution in [0.15, 0.2) is 48.7 Å². The molecule has 1 aromatic carbocycles. The van der Waals surface area contributed by atoms with Crippen molar-refractivity contribution < 1.29 is 4.79 Å². The van der Waals surface area contributed by atoms with Gasteiger partial charge in [-0.2, -0.15) is 5.10 Å². The van der Waals surface area contributed by atoms with Gasteiger partial charge in [0.1, 0.15) is 5.82 Å². The lowest BCUT2D eigenvalue weighted by Gasteiger charge is -2.06. The van der Waals surface area contributed by atoms with Gasteiger partial charge in [0.2, 0.25) is 0 Å². The summed E-state index contributed by atoms with van der Waals surface area (Å²) in [7, 11) is 1.91. The number of nitrogens with zero attached hydrogens (tertiary/aromatic N) is 4. The number of anilines is 2. The third kappa shape index (κ3) is 4.20. The number of amides is 1. The van der Waals surface area contributed by atoms with Crippen LogP contribution in [0.25, 0.3) is 0 Å². The first-order valence-electron chi connectivity index (χ1n) is 8.11. The monoisotopic (exact) mass is 336 g/mol. The van der Waals surface area contributed by atoms with Crippen molar-refractivity contribution in [1.29, 1.82) is 0 Å². The van der Waals surface area contributed by atoms with E-state index in [0.29, 0.717) is 12.4 Å². The zero-order valence-corrected chi connectivity index (χ0v) is 14.2. The standard InChI is InChI=1S/C18H20N6O/c1-3-15-13(12-24(2)23-15)11-19-17-10-9-16(21-22-17)18(25)20-14-7-5-4-6-8-14/h4-10,12H,3,11H2,1-2H3,(H,19,22)(H,20,25). The first-order valence-corrected chi connectivity index (χ1v) is 8.11. The maximum atomic E-state index is 12.1. The summed E-state index contributed by atoms with van der Waals surface area (Å²) in [5.41, 5.74) is 3.17. The van der Waals surface area contributed by atoms with Crippen LogP contribution in [0.5, 0.6) is 0 Å². The van der Waals surface area contributed by atoms with Crippen LogP contribution >= 0.6 is 0 Å². The summed E-state index contributed by atoms with van der Waals surface area (Å²) < 4.78 is 1.80. The van der Waals surface area contributed by atoms with Gasteiger partial charge >= 0.3 is 0 Å². The molecule has 0 aliphatic heterocycles. The Morgan fingerprint density at radius 2 is 1.92 bits per heavy atom. The number of rotatable bonds is 6. The summed E-state index contributed by atoms with van der Waals surface area (Å²) in [5, 5.41) is 18.5. The Balaban J connectivity index is 1.61. The zero-order chi connectivity index (χ0) is 17.6. The van der Waals surface area contributed by atoms with Crippen molar-refractivity contribution >= 4 is 17.4 Å². The number of nitrogens with one attached hydrogen (secondary N) is 2. The fraction of sp³-hybridized carbons (Fsp3) is 0.222. The molecule has 0 spiro atoms. The number of carbonyl (C=O) groups is 1. The Morgan fingerprint density at radius 3 is 2.60 bits per heavy atom. The highest BCUT2D eigenvalue weighted by atomic mass is 16.1. The largest absolute Gasteiger partial charge is 0.364 e. The van der Waals surface area contributed by atoms with Crippen LogP contribution in [0.2, 0.25) is 0 Å². The molecular weight excluding hydrogens is 316 g/mol. The first-order chi connectivity index (χ1) is 12.2. The molecule has 0 saturated heterocycles. The van der Waals surface area contributed by atoms with Crippen LogP contribution in [0.3, 0.4) is 0 Å². The second-order valence-electron chi connectivity index (χ2n) is 5.61. The van der Waals surface area contributed by atoms with E-state index in [0.717, 1.165) is 23.4 Å². The fourth-order valence-corrected chi connectivity index (χ4v) is 2.48. The lowest BCUT2D eigenvalue weighted by molar-refractivity contribution is 0.102. The fourth-order valence-electron chi connectivity index (χ4n) is 2.48. The number of aryl methyl sites for hydroxylation is 2. The van der Waals surface area contributed by atoms with Gasteiger partial charge in [-0.25, -0.2) is 0 Å². The minimum Gasteiger partial charge on any atom is -0.364 e. The van der Waals surface area contributed by atoms with Gasteiger partial charge in [-0.1, -0.05) is 25.1 Å². The molecule has 7 nitrogen and oxygen atoms in total. The smallest absolute Gasteiger partial charge is 0.276 e. The summed E-state index contributed by atoms with van der Waals surface area (Å²) in [6.45, 7) is 2.69. The summed E-state index contributed by atoms with van der Waals surface area (Å²) in [4.78, 5) is 12.1. The normalized spacial score (nSPS) is 10.5. The quantitative estimate of drug-likeness (QED) is 0.723. The van der Waals surface area contributed by atoms with Crippen LogP contribution in [-0.2, 0) is 20.0 Å². The molecule has 2 heterocycles. The maximum absolute atomic E-state index is 12.1. The third-order valence-corrected chi connectivity index (χ3v) is 3.72. The summed E-state index contributed by atoms with van der Waals surface area (Å²) in [6, 6.07) is 12.6. The van der Waals surface area contributed by atoms with E-state index in [9.17, 15) is 4.79 Å². The SMILES string of the molecule is CCc1nn(C)cc1CNc1ccc(C(=O)Nc2ccccc2)nn1. The van der Waals surface area contributed by atoms with E-state index >= 15 is 0 Å². The molecule has 3 rings (SSSR count). The zero-order valence-electron chi connectivity index (χ0n) is 14.2. The van der Waals surface area contributed by atoms with E-state index in [2.05, 4.69) is 32.9 Å². The number of aromatic nitrogens is 4. The van der Waals surface area contributed by atoms with Gasteiger partial charge in [0.05, 0.1) is 5.69 Å². The highest BCUT2D eigenvalue weighted by molar-refractivity contribution is 6.02. The van der Waals surface area contributed by atoms with Gasteiger partial charge < -0.3 is 10.6 Å². The van der Waals surface area contributed by atoms with Crippen molar-refractivity contribution in [3.63, 3.8) is 0 Å². The Hall–Kier alpha value is -3.22. The molecule has 0 radical (unpaired) electrons. The Morgan fingerprint density at radius 1 is 1.12 bits per heavy atom. The molecule has 0 bridgehead atoms. The maximum Gasteiger partial charge on any atom is 0.276 e. The average Bonchev–Trinajstić information content (AvgIpc) is 3.01. The molecule has 0 aliphatic rings. The highest BCUT2D eigenvalue weighted by Gasteiger charge is 2.09. The Labute approximate surface area is 146 Å². The molecule has 25 heavy (non-hydrogen) atoms. The molecule has 0 fully saturated rings. The van der Waals surface area contributed by atoms with Gasteiger partial charge in [-0.3, -0.25) is 9.48 Å². The van der Waals surface area contributed by atoms with Crippen molar-refractivity contribution in [2.45, 2.75) is 19.9 Å². The molecule has 2 aromatic heterocycles. The predicted octanol–water partition coefficient (Wildman–Crippen LogP) is 2.64. The molecule has 1 amide bonds. The van der Waals surface area contributed by atoms with Crippen LogP contribution in [0, 0.1) is 0 Å². The molecule has 2 N–H and O–H groups in total. The average molecular weight is 336 g/mol. The Bertz CT molecular complexity index is 842. The minimum atomic E-state index is -0.286. The molecule has 128 valence electrons. The van der Waals surface area contributed by atoms with Crippen molar-refractivity contribution in [1.82, 2.24) is 20.0 Å². The number of para-hydroxylation sites is 1. The van der Waals surface area contributed by atoms with Crippen molar-refractivity contribution in [3.8, 4) is 0 Å². The molecule has 0 atom stereocenters. The first kappa shape index (κ1) is 16.6. The molecule has 0 unspecified atom stereocenters. The van der Waals surface area contributed by atoms with Gasteiger partial charge in [0.25, 0.3) is 5.91 Å². The number of benzene rings is 1. The summed E-state index contributed by atoms with van der Waals surface area (Å²) >= 11 is 0. The van der Waals surface area contributed by atoms with E-state index in [1.165, 1.54) is 0 Å². The van der Waals surface area contributed by atoms with Gasteiger partial charge in [-0.05, 0) is 30.7 Å². The minimum absolute atomic E-state index is 0.269. The lowest BCUT2D eigenvalue weighted by atomic mass is 10.2. The van der Waals surface area contributed by atoms with Crippen LogP contribution in [0.4, 0.5) is 11.5 Å². The predicted molar refractivity (Wildman–Crippen MR) is 96.3 cm³/mol. The molecule has 0 aliphatic carbocycles. The number of carbonyl (C=O) groups excluding carboxylic acids is 1. The highest BCUT2D eigenvalue weighted by Crippen LogP contribution is 2.11. The van der Waals surface area contributed by atoms with Gasteiger partial charge in [0, 0.05) is 31.0 Å². The van der Waals surface area contributed by atoms with Crippen molar-refractivity contribution in [3.05, 3.63) is 65.6 Å². The van der Waals surface area contributed by atoms with Crippen LogP contribution < -0.4 is 10.6 Å². The second-order valence-corrected chi connectivity index (χ2v) is 5.61. The van der Waals surface area contributed by atoms with Crippen molar-refractivity contribution in [2.24, 2.45) is 7.05 Å². The van der Waals surface area contributed by atoms with Crippen LogP contribution in [0.1, 0.15) is 28.7 Å². The van der Waals surface area contributed by atoms with Gasteiger partial charge in [0.15, 0.2) is 5.69 Å². The third-order valence-electron chi connectivity index (χ3n) is 3.72. The molecule has 0 saturated carbocycles. The summed E-state index contributed by atoms with van der Waals surface area (Å²) in [6.07, 6.45) is 2.86. The van der Waals surface area contributed by atoms with E-state index < -0.39 is 0 Å². The van der Waals surface area contributed by atoms with E-state index in [1.54, 1.807) is 16.8 Å². The van der Waals surface area contributed by atoms with Gasteiger partial charge in [-0.15, -0.1) is 10.2 Å². The number of hydrogen-bond acceptors (Lipinski definition) is 5. The summed E-state index contributed by atoms with van der Waals surface area (Å²) in [5.74, 6) is 0.327. The number of hydrogen-bond donors (Lipinski definition) is 2. The second kappa shape index (κ2) is 7.57. The van der Waals surface area contributed by atoms with Crippen molar-refractivity contribution in [2.75, 3.05) is 10.6 Å².